The van der Waals surface area contributed by atoms with Crippen LogP contribution in [0.2, 0.25) is 10.0 Å². The van der Waals surface area contributed by atoms with Crippen molar-refractivity contribution in [3.05, 3.63) is 86.4 Å². The number of aromatic nitrogens is 1. The van der Waals surface area contributed by atoms with Crippen LogP contribution in [0.1, 0.15) is 16.0 Å². The van der Waals surface area contributed by atoms with Gasteiger partial charge in [0.15, 0.2) is 5.13 Å². The Bertz CT molecular complexity index is 1040. The number of carbonyl (C=O) groups excluding carboxylic acids is 1. The molecule has 0 atom stereocenters. The van der Waals surface area contributed by atoms with Gasteiger partial charge in [0.2, 0.25) is 0 Å². The van der Waals surface area contributed by atoms with Crippen LogP contribution in [0, 0.1) is 11.3 Å². The molecule has 27 heavy (non-hydrogen) atoms. The zero-order valence-corrected chi connectivity index (χ0v) is 16.3. The number of nitrogens with one attached hydrogen (secondary N) is 1. The molecule has 0 aliphatic rings. The number of anilines is 1. The van der Waals surface area contributed by atoms with Crippen molar-refractivity contribution in [2.24, 2.45) is 0 Å². The van der Waals surface area contributed by atoms with Gasteiger partial charge in [-0.1, -0.05) is 53.5 Å². The summed E-state index contributed by atoms with van der Waals surface area (Å²) in [5.74, 6) is -0.497. The lowest BCUT2D eigenvalue weighted by Crippen LogP contribution is -2.13. The number of amides is 1. The number of hydrogen-bond donors (Lipinski definition) is 1. The molecule has 2 aromatic carbocycles. The van der Waals surface area contributed by atoms with Crippen LogP contribution in [0.4, 0.5) is 5.13 Å². The number of halogens is 2. The molecule has 0 fully saturated rings. The Morgan fingerprint density at radius 3 is 2.74 bits per heavy atom. The van der Waals surface area contributed by atoms with E-state index in [4.69, 9.17) is 23.2 Å². The number of rotatable bonds is 5. The van der Waals surface area contributed by atoms with E-state index in [9.17, 15) is 10.1 Å². The summed E-state index contributed by atoms with van der Waals surface area (Å²) in [5, 5.41) is 13.6. The van der Waals surface area contributed by atoms with Crippen LogP contribution >= 0.6 is 34.5 Å². The molecule has 0 radical (unpaired) electrons. The van der Waals surface area contributed by atoms with Crippen molar-refractivity contribution in [3.63, 3.8) is 0 Å². The van der Waals surface area contributed by atoms with Gasteiger partial charge in [0.1, 0.15) is 11.6 Å². The predicted octanol–water partition coefficient (Wildman–Crippen LogP) is 5.59. The highest BCUT2D eigenvalue weighted by molar-refractivity contribution is 7.15. The molecule has 0 unspecified atom stereocenters. The number of thiazole rings is 1. The molecule has 1 amide bonds. The fourth-order valence-electron chi connectivity index (χ4n) is 2.34. The van der Waals surface area contributed by atoms with Gasteiger partial charge in [-0.05, 0) is 35.4 Å². The maximum Gasteiger partial charge on any atom is 0.268 e. The fourth-order valence-corrected chi connectivity index (χ4v) is 3.55. The summed E-state index contributed by atoms with van der Waals surface area (Å²) in [4.78, 5) is 17.5. The minimum atomic E-state index is -0.497. The van der Waals surface area contributed by atoms with Crippen LogP contribution in [0.3, 0.4) is 0 Å². The summed E-state index contributed by atoms with van der Waals surface area (Å²) in [7, 11) is 0. The topological polar surface area (TPSA) is 65.8 Å². The molecule has 0 saturated carbocycles. The first-order valence-electron chi connectivity index (χ1n) is 7.92. The summed E-state index contributed by atoms with van der Waals surface area (Å²) >= 11 is 13.5. The van der Waals surface area contributed by atoms with E-state index in [0.717, 1.165) is 16.0 Å². The molecular formula is C20H13Cl2N3OS. The zero-order chi connectivity index (χ0) is 19.2. The highest BCUT2D eigenvalue weighted by Crippen LogP contribution is 2.27. The number of benzene rings is 2. The lowest BCUT2D eigenvalue weighted by molar-refractivity contribution is -0.112. The second kappa shape index (κ2) is 8.83. The first-order chi connectivity index (χ1) is 13.0. The van der Waals surface area contributed by atoms with Gasteiger partial charge in [-0.15, -0.1) is 11.3 Å². The molecule has 0 aliphatic carbocycles. The molecule has 134 valence electrons. The minimum Gasteiger partial charge on any atom is -0.297 e. The molecule has 1 heterocycles. The molecular weight excluding hydrogens is 401 g/mol. The van der Waals surface area contributed by atoms with Crippen molar-refractivity contribution >= 4 is 51.7 Å². The Kier molecular flexibility index (Phi) is 6.25. The monoisotopic (exact) mass is 413 g/mol. The largest absolute Gasteiger partial charge is 0.297 e. The van der Waals surface area contributed by atoms with Crippen LogP contribution < -0.4 is 5.32 Å². The number of nitriles is 1. The van der Waals surface area contributed by atoms with Crippen LogP contribution in [0.5, 0.6) is 0 Å². The summed E-state index contributed by atoms with van der Waals surface area (Å²) in [6, 6.07) is 16.4. The maximum absolute atomic E-state index is 12.3. The van der Waals surface area contributed by atoms with E-state index in [2.05, 4.69) is 10.3 Å². The molecule has 3 rings (SSSR count). The van der Waals surface area contributed by atoms with Crippen molar-refractivity contribution in [1.82, 2.24) is 4.98 Å². The van der Waals surface area contributed by atoms with Crippen molar-refractivity contribution in [2.75, 3.05) is 5.32 Å². The Morgan fingerprint density at radius 2 is 2.00 bits per heavy atom. The number of carbonyl (C=O) groups is 1. The molecule has 0 aliphatic heterocycles. The van der Waals surface area contributed by atoms with Gasteiger partial charge in [0, 0.05) is 27.5 Å². The Morgan fingerprint density at radius 1 is 1.22 bits per heavy atom. The summed E-state index contributed by atoms with van der Waals surface area (Å²) in [5.41, 5.74) is 1.67. The van der Waals surface area contributed by atoms with E-state index in [1.807, 2.05) is 36.4 Å². The van der Waals surface area contributed by atoms with Crippen molar-refractivity contribution in [1.29, 1.82) is 5.26 Å². The average Bonchev–Trinajstić information content (AvgIpc) is 3.10. The van der Waals surface area contributed by atoms with E-state index in [0.29, 0.717) is 21.6 Å². The SMILES string of the molecule is N#C/C(=C/c1ccccc1)C(=O)Nc1ncc(Cc2cc(Cl)ccc2Cl)s1. The summed E-state index contributed by atoms with van der Waals surface area (Å²) in [6.45, 7) is 0. The highest BCUT2D eigenvalue weighted by Gasteiger charge is 2.13. The highest BCUT2D eigenvalue weighted by atomic mass is 35.5. The van der Waals surface area contributed by atoms with Gasteiger partial charge in [0.25, 0.3) is 5.91 Å². The quantitative estimate of drug-likeness (QED) is 0.438. The molecule has 0 spiro atoms. The molecule has 1 aromatic heterocycles. The van der Waals surface area contributed by atoms with Crippen LogP contribution in [-0.2, 0) is 11.2 Å². The third-order valence-electron chi connectivity index (χ3n) is 3.62. The summed E-state index contributed by atoms with van der Waals surface area (Å²) < 4.78 is 0. The number of nitrogens with zero attached hydrogens (tertiary/aromatic N) is 2. The maximum atomic E-state index is 12.3. The molecule has 0 saturated heterocycles. The number of hydrogen-bond acceptors (Lipinski definition) is 4. The zero-order valence-electron chi connectivity index (χ0n) is 13.9. The van der Waals surface area contributed by atoms with Crippen molar-refractivity contribution in [3.8, 4) is 6.07 Å². The Labute approximate surface area is 170 Å². The first kappa shape index (κ1) is 19.1. The second-order valence-corrected chi connectivity index (χ2v) is 7.54. The van der Waals surface area contributed by atoms with Crippen LogP contribution in [0.25, 0.3) is 6.08 Å². The lowest BCUT2D eigenvalue weighted by atomic mass is 10.1. The minimum absolute atomic E-state index is 0.0100. The van der Waals surface area contributed by atoms with E-state index < -0.39 is 5.91 Å². The van der Waals surface area contributed by atoms with Crippen LogP contribution in [0.15, 0.2) is 60.3 Å². The predicted molar refractivity (Wildman–Crippen MR) is 110 cm³/mol. The van der Waals surface area contributed by atoms with E-state index in [1.165, 1.54) is 17.4 Å². The third kappa shape index (κ3) is 5.18. The Hall–Kier alpha value is -2.65. The van der Waals surface area contributed by atoms with Gasteiger partial charge in [-0.2, -0.15) is 5.26 Å². The third-order valence-corrected chi connectivity index (χ3v) is 5.14. The molecule has 1 N–H and O–H groups in total. The molecule has 3 aromatic rings. The fraction of sp³-hybridized carbons (Fsp3) is 0.0500. The van der Waals surface area contributed by atoms with Gasteiger partial charge in [-0.25, -0.2) is 4.98 Å². The van der Waals surface area contributed by atoms with Crippen molar-refractivity contribution < 1.29 is 4.79 Å². The van der Waals surface area contributed by atoms with E-state index >= 15 is 0 Å². The standard InChI is InChI=1S/C20H13Cl2N3OS/c21-16-6-7-18(22)14(9-16)10-17-12-24-20(27-17)25-19(26)15(11-23)8-13-4-2-1-3-5-13/h1-9,12H,10H2,(H,24,25,26)/b15-8-. The Balaban J connectivity index is 1.71. The molecule has 0 bridgehead atoms. The first-order valence-corrected chi connectivity index (χ1v) is 9.49. The van der Waals surface area contributed by atoms with Gasteiger partial charge >= 0.3 is 0 Å². The molecule has 7 heteroatoms. The normalized spacial score (nSPS) is 11.1. The second-order valence-electron chi connectivity index (χ2n) is 5.58. The van der Waals surface area contributed by atoms with Gasteiger partial charge < -0.3 is 0 Å². The van der Waals surface area contributed by atoms with Crippen molar-refractivity contribution in [2.45, 2.75) is 6.42 Å². The average molecular weight is 414 g/mol. The molecule has 4 nitrogen and oxygen atoms in total. The van der Waals surface area contributed by atoms with Crippen LogP contribution in [-0.4, -0.2) is 10.9 Å². The van der Waals surface area contributed by atoms with Gasteiger partial charge in [-0.3, -0.25) is 10.1 Å². The lowest BCUT2D eigenvalue weighted by Gasteiger charge is -2.02. The van der Waals surface area contributed by atoms with E-state index in [1.54, 1.807) is 24.4 Å². The summed E-state index contributed by atoms with van der Waals surface area (Å²) in [6.07, 6.45) is 3.76. The smallest absolute Gasteiger partial charge is 0.268 e. The van der Waals surface area contributed by atoms with E-state index in [-0.39, 0.29) is 5.57 Å². The van der Waals surface area contributed by atoms with Gasteiger partial charge in [0.05, 0.1) is 0 Å².